The number of halogens is 4. The number of hydrogen-bond donors (Lipinski definition) is 1. The fraction of sp³-hybridized carbons (Fsp3) is 0.567. The third kappa shape index (κ3) is 6.24. The van der Waals surface area contributed by atoms with Crippen molar-refractivity contribution in [3.05, 3.63) is 53.8 Å². The van der Waals surface area contributed by atoms with Crippen LogP contribution in [0.25, 0.3) is 11.1 Å². The monoisotopic (exact) mass is 548 g/mol. The number of alkyl halides is 3. The largest absolute Gasteiger partial charge is 0.490 e. The smallest absolute Gasteiger partial charge is 0.395 e. The van der Waals surface area contributed by atoms with Crippen molar-refractivity contribution < 1.29 is 32.2 Å². The number of likely N-dealkylation sites (tertiary alicyclic amines) is 2. The molecule has 2 heterocycles. The van der Waals surface area contributed by atoms with Gasteiger partial charge in [0.15, 0.2) is 11.6 Å². The van der Waals surface area contributed by atoms with Crippen molar-refractivity contribution in [1.82, 2.24) is 9.80 Å². The van der Waals surface area contributed by atoms with E-state index in [0.717, 1.165) is 24.8 Å². The second-order valence-corrected chi connectivity index (χ2v) is 11.4. The number of carbonyl (C=O) groups excluding carboxylic acids is 1. The van der Waals surface area contributed by atoms with Gasteiger partial charge in [-0.1, -0.05) is 24.6 Å². The Morgan fingerprint density at radius 3 is 2.26 bits per heavy atom. The lowest BCUT2D eigenvalue weighted by molar-refractivity contribution is -0.256. The molecule has 2 aromatic rings. The molecule has 9 heteroatoms. The fourth-order valence-electron chi connectivity index (χ4n) is 6.01. The summed E-state index contributed by atoms with van der Waals surface area (Å²) in [5, 5.41) is 9.84. The number of aliphatic hydroxyl groups is 1. The van der Waals surface area contributed by atoms with Crippen molar-refractivity contribution in [3.63, 3.8) is 0 Å². The Labute approximate surface area is 226 Å². The molecule has 2 saturated heterocycles. The summed E-state index contributed by atoms with van der Waals surface area (Å²) in [5.41, 5.74) is 0.426. The molecule has 0 bridgehead atoms. The Morgan fingerprint density at radius 1 is 0.974 bits per heavy atom. The van der Waals surface area contributed by atoms with Gasteiger partial charge in [-0.15, -0.1) is 0 Å². The second kappa shape index (κ2) is 11.5. The van der Waals surface area contributed by atoms with Gasteiger partial charge in [0.25, 0.3) is 5.91 Å². The Kier molecular flexibility index (Phi) is 8.19. The van der Waals surface area contributed by atoms with Crippen LogP contribution in [0, 0.1) is 17.2 Å². The van der Waals surface area contributed by atoms with E-state index < -0.39 is 23.5 Å². The van der Waals surface area contributed by atoms with E-state index in [0.29, 0.717) is 56.8 Å². The van der Waals surface area contributed by atoms with Crippen LogP contribution in [-0.4, -0.2) is 72.4 Å². The SMILES string of the molecule is O=C(c1ccc(-c2ccc(OCC3CCN(CC4(C(F)(F)F)CCC4)CC3)c(F)c2)cc1)N1CCCC(O)C1. The number of aliphatic hydroxyl groups excluding tert-OH is 1. The minimum atomic E-state index is -4.15. The molecule has 3 fully saturated rings. The van der Waals surface area contributed by atoms with E-state index in [-0.39, 0.29) is 37.0 Å². The molecule has 1 saturated carbocycles. The number of benzene rings is 2. The van der Waals surface area contributed by atoms with Gasteiger partial charge in [0.1, 0.15) is 0 Å². The van der Waals surface area contributed by atoms with Gasteiger partial charge < -0.3 is 19.6 Å². The van der Waals surface area contributed by atoms with Crippen LogP contribution in [0.5, 0.6) is 5.75 Å². The molecule has 0 radical (unpaired) electrons. The molecule has 2 aliphatic heterocycles. The van der Waals surface area contributed by atoms with E-state index in [9.17, 15) is 27.5 Å². The zero-order valence-corrected chi connectivity index (χ0v) is 22.1. The summed E-state index contributed by atoms with van der Waals surface area (Å²) >= 11 is 0. The molecule has 0 aromatic heterocycles. The zero-order chi connectivity index (χ0) is 27.6. The van der Waals surface area contributed by atoms with Gasteiger partial charge in [0.05, 0.1) is 18.1 Å². The van der Waals surface area contributed by atoms with Crippen LogP contribution >= 0.6 is 0 Å². The number of piperidine rings is 2. The molecule has 5 nitrogen and oxygen atoms in total. The van der Waals surface area contributed by atoms with Crippen LogP contribution < -0.4 is 4.74 Å². The lowest BCUT2D eigenvalue weighted by Gasteiger charge is -2.47. The van der Waals surface area contributed by atoms with E-state index in [1.165, 1.54) is 6.07 Å². The molecule has 1 aliphatic carbocycles. The topological polar surface area (TPSA) is 53.0 Å². The average molecular weight is 549 g/mol. The van der Waals surface area contributed by atoms with Gasteiger partial charge in [-0.3, -0.25) is 4.79 Å². The minimum Gasteiger partial charge on any atom is -0.490 e. The predicted octanol–water partition coefficient (Wildman–Crippen LogP) is 5.91. The summed E-state index contributed by atoms with van der Waals surface area (Å²) in [6.07, 6.45) is -0.595. The second-order valence-electron chi connectivity index (χ2n) is 11.4. The van der Waals surface area contributed by atoms with E-state index in [2.05, 4.69) is 0 Å². The van der Waals surface area contributed by atoms with Gasteiger partial charge in [-0.2, -0.15) is 13.2 Å². The van der Waals surface area contributed by atoms with Crippen LogP contribution in [0.2, 0.25) is 0 Å². The van der Waals surface area contributed by atoms with Crippen molar-refractivity contribution in [3.8, 4) is 16.9 Å². The number of rotatable bonds is 7. The van der Waals surface area contributed by atoms with Crippen LogP contribution in [0.3, 0.4) is 0 Å². The van der Waals surface area contributed by atoms with Gasteiger partial charge >= 0.3 is 6.18 Å². The molecule has 1 unspecified atom stereocenters. The summed E-state index contributed by atoms with van der Waals surface area (Å²) in [6.45, 7) is 2.58. The third-order valence-corrected chi connectivity index (χ3v) is 8.70. The molecule has 1 amide bonds. The first-order valence-electron chi connectivity index (χ1n) is 13.9. The highest BCUT2D eigenvalue weighted by Gasteiger charge is 2.58. The summed E-state index contributed by atoms with van der Waals surface area (Å²) in [5.74, 6) is -0.273. The Hall–Kier alpha value is -2.65. The van der Waals surface area contributed by atoms with E-state index in [1.807, 2.05) is 4.90 Å². The molecule has 3 aliphatic rings. The molecular weight excluding hydrogens is 512 g/mol. The van der Waals surface area contributed by atoms with Crippen molar-refractivity contribution in [2.45, 2.75) is 57.2 Å². The van der Waals surface area contributed by atoms with Gasteiger partial charge in [-0.25, -0.2) is 4.39 Å². The fourth-order valence-corrected chi connectivity index (χ4v) is 6.01. The highest BCUT2D eigenvalue weighted by Crippen LogP contribution is 2.53. The number of ether oxygens (including phenoxy) is 1. The van der Waals surface area contributed by atoms with Gasteiger partial charge in [-0.05, 0) is 92.9 Å². The maximum absolute atomic E-state index is 14.9. The lowest BCUT2D eigenvalue weighted by atomic mass is 9.67. The summed E-state index contributed by atoms with van der Waals surface area (Å²) in [6, 6.07) is 11.8. The van der Waals surface area contributed by atoms with Crippen molar-refractivity contribution in [1.29, 1.82) is 0 Å². The summed E-state index contributed by atoms with van der Waals surface area (Å²) < 4.78 is 61.1. The Balaban J connectivity index is 1.11. The quantitative estimate of drug-likeness (QED) is 0.437. The molecule has 212 valence electrons. The maximum Gasteiger partial charge on any atom is 0.395 e. The van der Waals surface area contributed by atoms with E-state index in [1.54, 1.807) is 41.3 Å². The molecule has 39 heavy (non-hydrogen) atoms. The average Bonchev–Trinajstić information content (AvgIpc) is 2.89. The summed E-state index contributed by atoms with van der Waals surface area (Å²) in [4.78, 5) is 16.3. The van der Waals surface area contributed by atoms with Crippen LogP contribution in [-0.2, 0) is 0 Å². The zero-order valence-electron chi connectivity index (χ0n) is 22.1. The van der Waals surface area contributed by atoms with Crippen molar-refractivity contribution in [2.75, 3.05) is 39.3 Å². The van der Waals surface area contributed by atoms with Gasteiger partial charge in [0.2, 0.25) is 0 Å². The maximum atomic E-state index is 14.9. The van der Waals surface area contributed by atoms with Crippen molar-refractivity contribution >= 4 is 5.91 Å². The first-order valence-corrected chi connectivity index (χ1v) is 13.9. The Morgan fingerprint density at radius 2 is 1.67 bits per heavy atom. The van der Waals surface area contributed by atoms with Crippen LogP contribution in [0.1, 0.15) is 55.3 Å². The molecule has 0 spiro atoms. The van der Waals surface area contributed by atoms with Crippen LogP contribution in [0.4, 0.5) is 17.6 Å². The first kappa shape index (κ1) is 27.9. The van der Waals surface area contributed by atoms with Crippen LogP contribution in [0.15, 0.2) is 42.5 Å². The molecule has 1 atom stereocenters. The highest BCUT2D eigenvalue weighted by atomic mass is 19.4. The standard InChI is InChI=1S/C30H36F4N2O3/c31-26-17-24(22-4-6-23(7-5-22)28(38)36-14-1-3-25(37)18-36)8-9-27(26)39-19-21-10-15-35(16-11-21)20-29(12-2-13-29)30(32,33)34/h4-9,17,21,25,37H,1-3,10-16,18-20H2. The highest BCUT2D eigenvalue weighted by molar-refractivity contribution is 5.94. The minimum absolute atomic E-state index is 0.0800. The molecule has 5 rings (SSSR count). The number of hydrogen-bond acceptors (Lipinski definition) is 4. The molecular formula is C30H36F4N2O3. The molecule has 2 aromatic carbocycles. The predicted molar refractivity (Wildman–Crippen MR) is 140 cm³/mol. The van der Waals surface area contributed by atoms with E-state index >= 15 is 0 Å². The summed E-state index contributed by atoms with van der Waals surface area (Å²) in [7, 11) is 0. The van der Waals surface area contributed by atoms with Crippen molar-refractivity contribution in [2.24, 2.45) is 11.3 Å². The van der Waals surface area contributed by atoms with Gasteiger partial charge in [0, 0.05) is 25.2 Å². The number of amides is 1. The Bertz CT molecular complexity index is 1140. The number of β-amino-alcohol motifs (C(OH)–C–C–N with tert-alkyl or cyclic N) is 1. The third-order valence-electron chi connectivity index (χ3n) is 8.70. The first-order chi connectivity index (χ1) is 18.6. The number of carbonyl (C=O) groups is 1. The molecule has 1 N–H and O–H groups in total. The number of nitrogens with zero attached hydrogens (tertiary/aromatic N) is 2. The normalized spacial score (nSPS) is 22.4. The lowest BCUT2D eigenvalue weighted by Crippen LogP contribution is -2.53. The van der Waals surface area contributed by atoms with E-state index in [4.69, 9.17) is 4.74 Å².